The van der Waals surface area contributed by atoms with E-state index in [1.54, 1.807) is 47.2 Å². The van der Waals surface area contributed by atoms with E-state index in [1.807, 2.05) is 24.2 Å². The molecule has 0 radical (unpaired) electrons. The quantitative estimate of drug-likeness (QED) is 0.291. The smallest absolute Gasteiger partial charge is 0.246 e. The summed E-state index contributed by atoms with van der Waals surface area (Å²) < 4.78 is 20.3. The maximum absolute atomic E-state index is 13.0. The first-order chi connectivity index (χ1) is 15.5. The number of hydrogen-bond acceptors (Lipinski definition) is 5. The average Bonchev–Trinajstić information content (AvgIpc) is 3.23. The van der Waals surface area contributed by atoms with Crippen LogP contribution in [-0.2, 0) is 18.4 Å². The van der Waals surface area contributed by atoms with Gasteiger partial charge < -0.3 is 19.9 Å². The van der Waals surface area contributed by atoms with Crippen LogP contribution in [0.4, 0.5) is 10.1 Å². The lowest BCUT2D eigenvalue weighted by molar-refractivity contribution is -0.120. The largest absolute Gasteiger partial charge is 0.439 e. The minimum Gasteiger partial charge on any atom is -0.439 e. The zero-order valence-corrected chi connectivity index (χ0v) is 20.6. The van der Waals surface area contributed by atoms with Gasteiger partial charge in [0.2, 0.25) is 11.8 Å². The van der Waals surface area contributed by atoms with E-state index in [4.69, 9.17) is 4.74 Å². The first-order valence-electron chi connectivity index (χ1n) is 10.1. The van der Waals surface area contributed by atoms with Gasteiger partial charge in [-0.25, -0.2) is 9.37 Å². The number of aryl methyl sites for hydroxylation is 1. The summed E-state index contributed by atoms with van der Waals surface area (Å²) in [6.07, 6.45) is 5.22. The highest BCUT2D eigenvalue weighted by Gasteiger charge is 2.27. The molecule has 1 aliphatic heterocycles. The molecule has 0 aliphatic carbocycles. The van der Waals surface area contributed by atoms with Crippen LogP contribution in [0.5, 0.6) is 11.6 Å². The van der Waals surface area contributed by atoms with E-state index in [9.17, 15) is 9.18 Å². The predicted octanol–water partition coefficient (Wildman–Crippen LogP) is 2.79. The second kappa shape index (κ2) is 11.1. The van der Waals surface area contributed by atoms with E-state index in [1.165, 1.54) is 12.1 Å². The van der Waals surface area contributed by atoms with Gasteiger partial charge in [-0.1, -0.05) is 6.07 Å². The summed E-state index contributed by atoms with van der Waals surface area (Å²) in [5.74, 6) is 1.26. The molecule has 1 fully saturated rings. The highest BCUT2D eigenvalue weighted by Crippen LogP contribution is 2.20. The monoisotopic (exact) mass is 565 g/mol. The number of aliphatic imine (C=N–C) groups is 1. The van der Waals surface area contributed by atoms with Crippen LogP contribution in [0, 0.1) is 5.82 Å². The third kappa shape index (κ3) is 6.18. The number of amides is 1. The van der Waals surface area contributed by atoms with Gasteiger partial charge in [-0.2, -0.15) is 5.10 Å². The topological polar surface area (TPSA) is 87.9 Å². The van der Waals surface area contributed by atoms with Gasteiger partial charge in [0, 0.05) is 52.2 Å². The Labute approximate surface area is 208 Å². The summed E-state index contributed by atoms with van der Waals surface area (Å²) in [7, 11) is 3.52. The number of halogens is 2. The van der Waals surface area contributed by atoms with Crippen molar-refractivity contribution < 1.29 is 13.9 Å². The molecule has 1 N–H and O–H groups in total. The number of pyridine rings is 1. The highest BCUT2D eigenvalue weighted by molar-refractivity contribution is 14.0. The third-order valence-electron chi connectivity index (χ3n) is 5.02. The van der Waals surface area contributed by atoms with Gasteiger partial charge in [0.15, 0.2) is 5.96 Å². The Morgan fingerprint density at radius 3 is 2.58 bits per heavy atom. The van der Waals surface area contributed by atoms with Crippen LogP contribution in [0.25, 0.3) is 0 Å². The van der Waals surface area contributed by atoms with Crippen molar-refractivity contribution in [3.05, 3.63) is 66.4 Å². The number of piperazine rings is 1. The molecule has 3 heterocycles. The maximum Gasteiger partial charge on any atom is 0.246 e. The molecular weight excluding hydrogens is 540 g/mol. The highest BCUT2D eigenvalue weighted by atomic mass is 127. The van der Waals surface area contributed by atoms with E-state index in [0.717, 1.165) is 11.3 Å². The van der Waals surface area contributed by atoms with E-state index < -0.39 is 0 Å². The minimum atomic E-state index is -0.319. The number of carbonyl (C=O) groups excluding carboxylic acids is 1. The van der Waals surface area contributed by atoms with E-state index in [-0.39, 0.29) is 42.2 Å². The molecule has 33 heavy (non-hydrogen) atoms. The third-order valence-corrected chi connectivity index (χ3v) is 5.02. The standard InChI is InChI=1S/C22H24FN7O2.HI/c1-24-22(29-9-10-30(21(31)15-29)18-13-27-28(2)14-18)26-12-16-3-8-20(25-11-16)32-19-6-4-17(23)5-7-19;/h3-8,11,13-14H,9-10,12,15H2,1-2H3,(H,24,26);1H. The van der Waals surface area contributed by atoms with Crippen molar-refractivity contribution >= 4 is 41.5 Å². The van der Waals surface area contributed by atoms with Crippen molar-refractivity contribution in [2.45, 2.75) is 6.54 Å². The molecule has 1 aliphatic rings. The molecule has 1 aromatic carbocycles. The molecule has 3 aromatic rings. The summed E-state index contributed by atoms with van der Waals surface area (Å²) in [5, 5.41) is 7.41. The maximum atomic E-state index is 13.0. The van der Waals surface area contributed by atoms with Gasteiger partial charge in [0.05, 0.1) is 11.9 Å². The SMILES string of the molecule is CN=C(NCc1ccc(Oc2ccc(F)cc2)nc1)N1CCN(c2cnn(C)c2)C(=O)C1.I. The van der Waals surface area contributed by atoms with Crippen molar-refractivity contribution in [3.8, 4) is 11.6 Å². The first-order valence-corrected chi connectivity index (χ1v) is 10.1. The van der Waals surface area contributed by atoms with Crippen LogP contribution in [-0.4, -0.2) is 58.2 Å². The molecule has 0 unspecified atom stereocenters. The van der Waals surface area contributed by atoms with Crippen LogP contribution in [0.3, 0.4) is 0 Å². The van der Waals surface area contributed by atoms with E-state index >= 15 is 0 Å². The van der Waals surface area contributed by atoms with Crippen LogP contribution in [0.2, 0.25) is 0 Å². The first kappa shape index (κ1) is 24.4. The zero-order valence-electron chi connectivity index (χ0n) is 18.3. The number of hydrogen-bond donors (Lipinski definition) is 1. The van der Waals surface area contributed by atoms with E-state index in [0.29, 0.717) is 37.2 Å². The van der Waals surface area contributed by atoms with Crippen LogP contribution in [0.1, 0.15) is 5.56 Å². The number of benzene rings is 1. The Bertz CT molecular complexity index is 1100. The van der Waals surface area contributed by atoms with Crippen molar-refractivity contribution in [2.24, 2.45) is 12.0 Å². The molecule has 0 atom stereocenters. The molecule has 9 nitrogen and oxygen atoms in total. The fraction of sp³-hybridized carbons (Fsp3) is 0.273. The van der Waals surface area contributed by atoms with Gasteiger partial charge in [-0.05, 0) is 29.8 Å². The van der Waals surface area contributed by atoms with Crippen LogP contribution in [0.15, 0.2) is 60.0 Å². The fourth-order valence-electron chi connectivity index (χ4n) is 3.39. The molecule has 1 saturated heterocycles. The van der Waals surface area contributed by atoms with Crippen molar-refractivity contribution in [1.82, 2.24) is 25.0 Å². The second-order valence-electron chi connectivity index (χ2n) is 7.30. The number of rotatable bonds is 5. The number of nitrogens with one attached hydrogen (secondary N) is 1. The number of guanidine groups is 1. The predicted molar refractivity (Wildman–Crippen MR) is 133 cm³/mol. The van der Waals surface area contributed by atoms with Crippen molar-refractivity contribution in [2.75, 3.05) is 31.6 Å². The molecule has 0 bridgehead atoms. The van der Waals surface area contributed by atoms with Crippen molar-refractivity contribution in [3.63, 3.8) is 0 Å². The van der Waals surface area contributed by atoms with Gasteiger partial charge in [0.1, 0.15) is 18.1 Å². The number of ether oxygens (including phenoxy) is 1. The van der Waals surface area contributed by atoms with Gasteiger partial charge in [-0.15, -0.1) is 24.0 Å². The molecular formula is C22H25FIN7O2. The Morgan fingerprint density at radius 1 is 1.18 bits per heavy atom. The Hall–Kier alpha value is -3.22. The summed E-state index contributed by atoms with van der Waals surface area (Å²) in [6.45, 7) is 1.94. The average molecular weight is 565 g/mol. The Balaban J connectivity index is 0.00000306. The summed E-state index contributed by atoms with van der Waals surface area (Å²) in [6, 6.07) is 9.40. The molecule has 11 heteroatoms. The van der Waals surface area contributed by atoms with E-state index in [2.05, 4.69) is 20.4 Å². The Kier molecular flexibility index (Phi) is 8.20. The molecule has 174 valence electrons. The lowest BCUT2D eigenvalue weighted by Gasteiger charge is -2.35. The number of carbonyl (C=O) groups is 1. The minimum absolute atomic E-state index is 0. The number of nitrogens with zero attached hydrogens (tertiary/aromatic N) is 6. The normalized spacial score (nSPS) is 14.2. The van der Waals surface area contributed by atoms with Gasteiger partial charge >= 0.3 is 0 Å². The molecule has 1 amide bonds. The van der Waals surface area contributed by atoms with Gasteiger partial charge in [0.25, 0.3) is 0 Å². The molecule has 0 spiro atoms. The van der Waals surface area contributed by atoms with Crippen LogP contribution >= 0.6 is 24.0 Å². The summed E-state index contributed by atoms with van der Waals surface area (Å²) in [4.78, 5) is 24.9. The zero-order chi connectivity index (χ0) is 22.5. The molecule has 0 saturated carbocycles. The lowest BCUT2D eigenvalue weighted by Crippen LogP contribution is -2.55. The van der Waals surface area contributed by atoms with Crippen molar-refractivity contribution in [1.29, 1.82) is 0 Å². The number of aromatic nitrogens is 3. The molecule has 2 aromatic heterocycles. The number of anilines is 1. The molecule has 4 rings (SSSR count). The summed E-state index contributed by atoms with van der Waals surface area (Å²) >= 11 is 0. The van der Waals surface area contributed by atoms with Crippen LogP contribution < -0.4 is 15.0 Å². The Morgan fingerprint density at radius 2 is 1.97 bits per heavy atom. The second-order valence-corrected chi connectivity index (χ2v) is 7.30. The van der Waals surface area contributed by atoms with Gasteiger partial charge in [-0.3, -0.25) is 14.5 Å². The summed E-state index contributed by atoms with van der Waals surface area (Å²) in [5.41, 5.74) is 1.73. The fourth-order valence-corrected chi connectivity index (χ4v) is 3.39. The lowest BCUT2D eigenvalue weighted by atomic mass is 10.2.